The lowest BCUT2D eigenvalue weighted by Crippen LogP contribution is -2.50. The molecule has 0 bridgehead atoms. The van der Waals surface area contributed by atoms with Crippen molar-refractivity contribution in [3.05, 3.63) is 65.2 Å². The Morgan fingerprint density at radius 2 is 1.68 bits per heavy atom. The van der Waals surface area contributed by atoms with Crippen molar-refractivity contribution in [3.63, 3.8) is 0 Å². The number of aliphatic carboxylic acids is 1. The Morgan fingerprint density at radius 3 is 2.32 bits per heavy atom. The normalized spacial score (nSPS) is 22.4. The molecule has 6 nitrogen and oxygen atoms in total. The first-order valence-electron chi connectivity index (χ1n) is 9.81. The van der Waals surface area contributed by atoms with E-state index in [1.807, 2.05) is 0 Å². The van der Waals surface area contributed by atoms with E-state index in [1.165, 1.54) is 10.4 Å². The molecule has 0 amide bonds. The van der Waals surface area contributed by atoms with Gasteiger partial charge >= 0.3 is 12.1 Å². The van der Waals surface area contributed by atoms with Crippen LogP contribution in [-0.2, 0) is 27.4 Å². The summed E-state index contributed by atoms with van der Waals surface area (Å²) in [5, 5.41) is 8.45. The topological polar surface area (TPSA) is 77.9 Å². The number of alkyl halides is 3. The van der Waals surface area contributed by atoms with E-state index in [0.717, 1.165) is 12.1 Å². The van der Waals surface area contributed by atoms with Crippen LogP contribution in [0.1, 0.15) is 21.9 Å². The Labute approximate surface area is 177 Å². The Morgan fingerprint density at radius 1 is 1.00 bits per heavy atom. The highest BCUT2D eigenvalue weighted by atomic mass is 32.2. The summed E-state index contributed by atoms with van der Waals surface area (Å²) in [5.41, 5.74) is 0.842. The molecule has 0 spiro atoms. The van der Waals surface area contributed by atoms with Gasteiger partial charge in [-0.25, -0.2) is 8.42 Å². The Kier molecular flexibility index (Phi) is 5.47. The average molecular weight is 454 g/mol. The molecule has 2 aromatic carbocycles. The number of hydrogen-bond donors (Lipinski definition) is 1. The predicted molar refractivity (Wildman–Crippen MR) is 108 cm³/mol. The molecule has 0 aromatic heterocycles. The van der Waals surface area contributed by atoms with E-state index in [-0.39, 0.29) is 32.6 Å². The van der Waals surface area contributed by atoms with Gasteiger partial charge in [0, 0.05) is 31.9 Å². The second-order valence-corrected chi connectivity index (χ2v) is 9.80. The van der Waals surface area contributed by atoms with Gasteiger partial charge in [-0.1, -0.05) is 30.3 Å². The maximum atomic E-state index is 13.4. The Bertz CT molecular complexity index is 1100. The molecule has 0 radical (unpaired) electrons. The molecule has 4 rings (SSSR count). The maximum Gasteiger partial charge on any atom is 0.416 e. The third-order valence-electron chi connectivity index (χ3n) is 5.94. The van der Waals surface area contributed by atoms with Crippen molar-refractivity contribution in [2.24, 2.45) is 5.92 Å². The molecule has 2 atom stereocenters. The van der Waals surface area contributed by atoms with E-state index in [9.17, 15) is 31.5 Å². The van der Waals surface area contributed by atoms with Crippen molar-refractivity contribution in [1.82, 2.24) is 4.31 Å². The average Bonchev–Trinajstić information content (AvgIpc) is 3.14. The largest absolute Gasteiger partial charge is 0.481 e. The summed E-state index contributed by atoms with van der Waals surface area (Å²) in [5.74, 6) is -2.23. The molecule has 1 aliphatic heterocycles. The minimum absolute atomic E-state index is 0.0730. The molecule has 2 aromatic rings. The van der Waals surface area contributed by atoms with Gasteiger partial charge in [-0.15, -0.1) is 0 Å². The van der Waals surface area contributed by atoms with Gasteiger partial charge in [0.1, 0.15) is 5.25 Å². The van der Waals surface area contributed by atoms with Gasteiger partial charge in [0.05, 0.1) is 11.5 Å². The lowest BCUT2D eigenvalue weighted by Gasteiger charge is -2.37. The van der Waals surface area contributed by atoms with Crippen LogP contribution in [-0.4, -0.2) is 50.0 Å². The van der Waals surface area contributed by atoms with E-state index >= 15 is 0 Å². The van der Waals surface area contributed by atoms with Crippen LogP contribution in [0.15, 0.2) is 48.5 Å². The van der Waals surface area contributed by atoms with Gasteiger partial charge in [-0.2, -0.15) is 17.5 Å². The first-order chi connectivity index (χ1) is 14.6. The number of anilines is 1. The minimum Gasteiger partial charge on any atom is -0.481 e. The van der Waals surface area contributed by atoms with Gasteiger partial charge in [0.25, 0.3) is 0 Å². The summed E-state index contributed by atoms with van der Waals surface area (Å²) in [7, 11) is -3.96. The van der Waals surface area contributed by atoms with E-state index < -0.39 is 38.9 Å². The van der Waals surface area contributed by atoms with Crippen LogP contribution < -0.4 is 4.90 Å². The molecule has 1 fully saturated rings. The van der Waals surface area contributed by atoms with Crippen molar-refractivity contribution in [2.75, 3.05) is 31.1 Å². The van der Waals surface area contributed by atoms with Crippen molar-refractivity contribution >= 4 is 21.7 Å². The number of sulfonamides is 1. The molecule has 166 valence electrons. The van der Waals surface area contributed by atoms with Crippen LogP contribution in [0, 0.1) is 5.92 Å². The Hall–Kier alpha value is -2.59. The van der Waals surface area contributed by atoms with Crippen LogP contribution >= 0.6 is 0 Å². The van der Waals surface area contributed by atoms with Crippen molar-refractivity contribution < 1.29 is 31.5 Å². The zero-order valence-electron chi connectivity index (χ0n) is 16.4. The molecule has 2 aliphatic rings. The number of carbonyl (C=O) groups is 1. The van der Waals surface area contributed by atoms with Crippen LogP contribution in [0.3, 0.4) is 0 Å². The highest BCUT2D eigenvalue weighted by Gasteiger charge is 2.48. The predicted octanol–water partition coefficient (Wildman–Crippen LogP) is 3.16. The minimum atomic E-state index is -4.46. The van der Waals surface area contributed by atoms with E-state index in [0.29, 0.717) is 16.8 Å². The van der Waals surface area contributed by atoms with Gasteiger partial charge in [-0.3, -0.25) is 4.79 Å². The van der Waals surface area contributed by atoms with Gasteiger partial charge in [-0.05, 0) is 35.7 Å². The fourth-order valence-corrected chi connectivity index (χ4v) is 6.56. The second-order valence-electron chi connectivity index (χ2n) is 7.75. The SMILES string of the molecule is O=C(O)C1Cc2ccccc2C1S(=O)(=O)N1CCN(c2cccc(C(F)(F)F)c2)CC1. The van der Waals surface area contributed by atoms with E-state index in [1.54, 1.807) is 35.2 Å². The van der Waals surface area contributed by atoms with Crippen LogP contribution in [0.5, 0.6) is 0 Å². The highest BCUT2D eigenvalue weighted by molar-refractivity contribution is 7.89. The summed E-state index contributed by atoms with van der Waals surface area (Å²) in [6, 6.07) is 11.8. The molecule has 1 N–H and O–H groups in total. The number of piperazine rings is 1. The van der Waals surface area contributed by atoms with E-state index in [2.05, 4.69) is 0 Å². The number of benzene rings is 2. The number of nitrogens with zero attached hydrogens (tertiary/aromatic N) is 2. The molecule has 10 heteroatoms. The first kappa shape index (κ1) is 21.6. The van der Waals surface area contributed by atoms with Crippen molar-refractivity contribution in [3.8, 4) is 0 Å². The quantitative estimate of drug-likeness (QED) is 0.768. The standard InChI is InChI=1S/C21H21F3N2O4S/c22-21(23,24)15-5-3-6-16(13-15)25-8-10-26(11-9-25)31(29,30)19-17-7-2-1-4-14(17)12-18(19)20(27)28/h1-7,13,18-19H,8-12H2,(H,27,28). The monoisotopic (exact) mass is 454 g/mol. The molecular weight excluding hydrogens is 433 g/mol. The highest BCUT2D eigenvalue weighted by Crippen LogP contribution is 2.43. The summed E-state index contributed by atoms with van der Waals surface area (Å²) in [6.07, 6.45) is -4.30. The molecule has 2 unspecified atom stereocenters. The first-order valence-corrected chi connectivity index (χ1v) is 11.3. The third kappa shape index (κ3) is 4.01. The van der Waals surface area contributed by atoms with E-state index in [4.69, 9.17) is 0 Å². The number of hydrogen-bond acceptors (Lipinski definition) is 4. The smallest absolute Gasteiger partial charge is 0.416 e. The van der Waals surface area contributed by atoms with Crippen LogP contribution in [0.4, 0.5) is 18.9 Å². The number of halogens is 3. The summed E-state index contributed by atoms with van der Waals surface area (Å²) >= 11 is 0. The van der Waals surface area contributed by atoms with Gasteiger partial charge < -0.3 is 10.0 Å². The third-order valence-corrected chi connectivity index (χ3v) is 8.25. The molecule has 1 heterocycles. The summed E-state index contributed by atoms with van der Waals surface area (Å²) < 4.78 is 67.0. The summed E-state index contributed by atoms with van der Waals surface area (Å²) in [4.78, 5) is 13.5. The second kappa shape index (κ2) is 7.83. The molecule has 0 saturated carbocycles. The van der Waals surface area contributed by atoms with Crippen LogP contribution in [0.2, 0.25) is 0 Å². The van der Waals surface area contributed by atoms with Gasteiger partial charge in [0.2, 0.25) is 10.0 Å². The zero-order valence-corrected chi connectivity index (χ0v) is 17.2. The fourth-order valence-electron chi connectivity index (χ4n) is 4.38. The molecule has 31 heavy (non-hydrogen) atoms. The molecular formula is C21H21F3N2O4S. The van der Waals surface area contributed by atoms with Crippen molar-refractivity contribution in [1.29, 1.82) is 0 Å². The number of rotatable bonds is 4. The zero-order chi connectivity index (χ0) is 22.4. The van der Waals surface area contributed by atoms with Crippen LogP contribution in [0.25, 0.3) is 0 Å². The molecule has 1 aliphatic carbocycles. The lowest BCUT2D eigenvalue weighted by molar-refractivity contribution is -0.141. The summed E-state index contributed by atoms with van der Waals surface area (Å²) in [6.45, 7) is 0.576. The molecule has 1 saturated heterocycles. The van der Waals surface area contributed by atoms with Crippen molar-refractivity contribution in [2.45, 2.75) is 17.8 Å². The number of carboxylic acids is 1. The maximum absolute atomic E-state index is 13.4. The Balaban J connectivity index is 1.54. The lowest BCUT2D eigenvalue weighted by atomic mass is 10.1. The fraction of sp³-hybridized carbons (Fsp3) is 0.381. The number of carboxylic acid groups (broad SMARTS) is 1. The number of fused-ring (bicyclic) bond motifs is 1. The van der Waals surface area contributed by atoms with Gasteiger partial charge in [0.15, 0.2) is 0 Å².